The van der Waals surface area contributed by atoms with Crippen LogP contribution in [0.2, 0.25) is 0 Å². The van der Waals surface area contributed by atoms with Gasteiger partial charge in [-0.3, -0.25) is 9.59 Å². The molecule has 0 bridgehead atoms. The zero-order valence-electron chi connectivity index (χ0n) is 17.6. The van der Waals surface area contributed by atoms with Gasteiger partial charge in [-0.15, -0.1) is 0 Å². The topological polar surface area (TPSA) is 70.8 Å². The van der Waals surface area contributed by atoms with E-state index in [1.807, 2.05) is 72.8 Å². The van der Waals surface area contributed by atoms with Gasteiger partial charge in [0.25, 0.3) is 5.91 Å². The number of carbonyl (C=O) groups excluding carboxylic acids is 2. The molecule has 5 rings (SSSR count). The molecule has 0 fully saturated rings. The summed E-state index contributed by atoms with van der Waals surface area (Å²) >= 11 is 3.43. The summed E-state index contributed by atoms with van der Waals surface area (Å²) in [5.41, 5.74) is 2.42. The molecule has 1 aliphatic heterocycles. The molecule has 1 N–H and O–H groups in total. The monoisotopic (exact) mass is 501 g/mol. The second-order valence-corrected chi connectivity index (χ2v) is 8.84. The molecule has 5 nitrogen and oxygen atoms in total. The van der Waals surface area contributed by atoms with E-state index in [0.717, 1.165) is 21.0 Å². The first kappa shape index (κ1) is 21.2. The fraction of sp³-hybridized carbons (Fsp3) is 0.111. The van der Waals surface area contributed by atoms with E-state index in [-0.39, 0.29) is 11.3 Å². The van der Waals surface area contributed by atoms with Gasteiger partial charge in [-0.1, -0.05) is 76.6 Å². The van der Waals surface area contributed by atoms with Crippen LogP contribution in [0.4, 0.5) is 0 Å². The van der Waals surface area contributed by atoms with Crippen molar-refractivity contribution in [2.75, 3.05) is 6.54 Å². The molecular formula is C27H20BrNO4. The molecule has 3 aromatic carbocycles. The van der Waals surface area contributed by atoms with Gasteiger partial charge in [-0.25, -0.2) is 0 Å². The standard InChI is InChI=1S/C27H20BrNO4/c28-20-12-10-18(11-13-20)24-23(25(30)22-16-19-8-4-5-9-21(19)33-22)26(31)27(32)29(24)15-14-17-6-2-1-3-7-17/h1-13,16,24,31H,14-15H2. The summed E-state index contributed by atoms with van der Waals surface area (Å²) in [6.07, 6.45) is 0.596. The Balaban J connectivity index is 1.54. The zero-order chi connectivity index (χ0) is 22.9. The molecule has 1 aliphatic rings. The highest BCUT2D eigenvalue weighted by Crippen LogP contribution is 2.40. The lowest BCUT2D eigenvalue weighted by molar-refractivity contribution is -0.129. The number of hydrogen-bond donors (Lipinski definition) is 1. The van der Waals surface area contributed by atoms with Crippen LogP contribution in [0.1, 0.15) is 27.7 Å². The number of Topliss-reactive ketones (excluding diaryl/α,β-unsaturated/α-hetero) is 1. The van der Waals surface area contributed by atoms with Crippen LogP contribution >= 0.6 is 15.9 Å². The number of nitrogens with zero attached hydrogens (tertiary/aromatic N) is 1. The van der Waals surface area contributed by atoms with E-state index in [9.17, 15) is 14.7 Å². The second kappa shape index (κ2) is 8.71. The van der Waals surface area contributed by atoms with Crippen molar-refractivity contribution in [3.05, 3.63) is 118 Å². The van der Waals surface area contributed by atoms with Crippen LogP contribution in [0.25, 0.3) is 11.0 Å². The summed E-state index contributed by atoms with van der Waals surface area (Å²) in [7, 11) is 0. The molecule has 6 heteroatoms. The minimum absolute atomic E-state index is 0.0365. The lowest BCUT2D eigenvalue weighted by Crippen LogP contribution is -2.33. The maximum absolute atomic E-state index is 13.5. The fourth-order valence-corrected chi connectivity index (χ4v) is 4.49. The van der Waals surface area contributed by atoms with Gasteiger partial charge in [0.15, 0.2) is 11.5 Å². The quantitative estimate of drug-likeness (QED) is 0.328. The Labute approximate surface area is 199 Å². The smallest absolute Gasteiger partial charge is 0.290 e. The number of benzene rings is 3. The molecule has 0 aliphatic carbocycles. The number of ketones is 1. The van der Waals surface area contributed by atoms with E-state index in [2.05, 4.69) is 15.9 Å². The van der Waals surface area contributed by atoms with Crippen molar-refractivity contribution in [2.45, 2.75) is 12.5 Å². The van der Waals surface area contributed by atoms with Gasteiger partial charge in [-0.05, 0) is 41.8 Å². The van der Waals surface area contributed by atoms with Crippen molar-refractivity contribution in [3.8, 4) is 0 Å². The number of aliphatic hydroxyl groups is 1. The molecule has 1 aromatic heterocycles. The predicted octanol–water partition coefficient (Wildman–Crippen LogP) is 6.02. The highest BCUT2D eigenvalue weighted by Gasteiger charge is 2.44. The molecule has 4 aromatic rings. The lowest BCUT2D eigenvalue weighted by Gasteiger charge is -2.26. The first-order valence-corrected chi connectivity index (χ1v) is 11.4. The van der Waals surface area contributed by atoms with E-state index < -0.39 is 23.5 Å². The first-order chi connectivity index (χ1) is 16.0. The van der Waals surface area contributed by atoms with E-state index in [1.165, 1.54) is 0 Å². The van der Waals surface area contributed by atoms with E-state index in [4.69, 9.17) is 4.42 Å². The van der Waals surface area contributed by atoms with Gasteiger partial charge in [-0.2, -0.15) is 0 Å². The van der Waals surface area contributed by atoms with Gasteiger partial charge >= 0.3 is 0 Å². The van der Waals surface area contributed by atoms with Crippen molar-refractivity contribution < 1.29 is 19.1 Å². The molecule has 0 spiro atoms. The third kappa shape index (κ3) is 3.98. The number of furan rings is 1. The third-order valence-corrected chi connectivity index (χ3v) is 6.40. The SMILES string of the molecule is O=C(C1=C(O)C(=O)N(CCc2ccccc2)C1c1ccc(Br)cc1)c1cc2ccccc2o1. The maximum Gasteiger partial charge on any atom is 0.290 e. The van der Waals surface area contributed by atoms with Gasteiger partial charge in [0.05, 0.1) is 11.6 Å². The number of amides is 1. The molecule has 0 saturated heterocycles. The molecule has 0 radical (unpaired) electrons. The summed E-state index contributed by atoms with van der Waals surface area (Å²) in [5, 5.41) is 11.6. The van der Waals surface area contributed by atoms with Crippen LogP contribution in [0.3, 0.4) is 0 Å². The van der Waals surface area contributed by atoms with Crippen LogP contribution in [0.5, 0.6) is 0 Å². The number of hydrogen-bond acceptors (Lipinski definition) is 4. The average Bonchev–Trinajstić information content (AvgIpc) is 3.38. The predicted molar refractivity (Wildman–Crippen MR) is 129 cm³/mol. The maximum atomic E-state index is 13.5. The Morgan fingerprint density at radius 3 is 2.39 bits per heavy atom. The van der Waals surface area contributed by atoms with Crippen molar-refractivity contribution in [2.24, 2.45) is 0 Å². The Morgan fingerprint density at radius 2 is 1.67 bits per heavy atom. The summed E-state index contributed by atoms with van der Waals surface area (Å²) in [6.45, 7) is 0.352. The van der Waals surface area contributed by atoms with E-state index in [0.29, 0.717) is 18.5 Å². The molecule has 33 heavy (non-hydrogen) atoms. The number of fused-ring (bicyclic) bond motifs is 1. The molecule has 1 amide bonds. The molecular weight excluding hydrogens is 482 g/mol. The van der Waals surface area contributed by atoms with Gasteiger partial charge in [0.2, 0.25) is 5.78 Å². The highest BCUT2D eigenvalue weighted by atomic mass is 79.9. The average molecular weight is 502 g/mol. The molecule has 164 valence electrons. The van der Waals surface area contributed by atoms with Crippen molar-refractivity contribution in [3.63, 3.8) is 0 Å². The van der Waals surface area contributed by atoms with Crippen LogP contribution in [0.15, 0.2) is 105 Å². The van der Waals surface area contributed by atoms with Crippen molar-refractivity contribution in [1.29, 1.82) is 0 Å². The van der Waals surface area contributed by atoms with Gasteiger partial charge in [0.1, 0.15) is 5.58 Å². The van der Waals surface area contributed by atoms with Crippen LogP contribution in [-0.2, 0) is 11.2 Å². The number of rotatable bonds is 6. The summed E-state index contributed by atoms with van der Waals surface area (Å²) in [6, 6.07) is 25.5. The zero-order valence-corrected chi connectivity index (χ0v) is 19.2. The van der Waals surface area contributed by atoms with E-state index in [1.54, 1.807) is 17.0 Å². The van der Waals surface area contributed by atoms with Gasteiger partial charge in [0, 0.05) is 16.4 Å². The summed E-state index contributed by atoms with van der Waals surface area (Å²) in [5.74, 6) is -1.48. The minimum atomic E-state index is -0.713. The third-order valence-electron chi connectivity index (χ3n) is 5.87. The summed E-state index contributed by atoms with van der Waals surface area (Å²) in [4.78, 5) is 28.2. The molecule has 2 heterocycles. The molecule has 1 atom stereocenters. The highest BCUT2D eigenvalue weighted by molar-refractivity contribution is 9.10. The van der Waals surface area contributed by atoms with Crippen LogP contribution < -0.4 is 0 Å². The Bertz CT molecular complexity index is 1340. The van der Waals surface area contributed by atoms with Crippen LogP contribution in [-0.4, -0.2) is 28.2 Å². The van der Waals surface area contributed by atoms with Crippen LogP contribution in [0, 0.1) is 0 Å². The fourth-order valence-electron chi connectivity index (χ4n) is 4.23. The minimum Gasteiger partial charge on any atom is -0.503 e. The summed E-state index contributed by atoms with van der Waals surface area (Å²) < 4.78 is 6.64. The van der Waals surface area contributed by atoms with Crippen molar-refractivity contribution >= 4 is 38.6 Å². The van der Waals surface area contributed by atoms with Crippen molar-refractivity contribution in [1.82, 2.24) is 4.90 Å². The normalized spacial score (nSPS) is 16.1. The Hall–Kier alpha value is -3.64. The number of carbonyl (C=O) groups is 2. The first-order valence-electron chi connectivity index (χ1n) is 10.6. The molecule has 1 unspecified atom stereocenters. The molecule has 0 saturated carbocycles. The number of aliphatic hydroxyl groups excluding tert-OH is 1. The number of halogens is 1. The van der Waals surface area contributed by atoms with E-state index >= 15 is 0 Å². The Morgan fingerprint density at radius 1 is 0.970 bits per heavy atom. The lowest BCUT2D eigenvalue weighted by atomic mass is 9.95. The number of para-hydroxylation sites is 1. The largest absolute Gasteiger partial charge is 0.503 e. The van der Waals surface area contributed by atoms with Gasteiger partial charge < -0.3 is 14.4 Å². The second-order valence-electron chi connectivity index (χ2n) is 7.93. The Kier molecular flexibility index (Phi) is 5.60.